The normalized spacial score (nSPS) is 20.2. The van der Waals surface area contributed by atoms with Gasteiger partial charge in [-0.15, -0.1) is 11.8 Å². The van der Waals surface area contributed by atoms with Gasteiger partial charge in [0.05, 0.1) is 10.0 Å². The van der Waals surface area contributed by atoms with Crippen LogP contribution in [0, 0.1) is 5.41 Å². The molecule has 0 saturated heterocycles. The van der Waals surface area contributed by atoms with Crippen LogP contribution >= 0.6 is 46.7 Å². The second-order valence-electron chi connectivity index (χ2n) is 6.59. The van der Waals surface area contributed by atoms with E-state index < -0.39 is 0 Å². The third-order valence-electron chi connectivity index (χ3n) is 4.34. The Morgan fingerprint density at radius 2 is 1.83 bits per heavy atom. The molecule has 1 aliphatic heterocycles. The van der Waals surface area contributed by atoms with Gasteiger partial charge in [-0.2, -0.15) is 0 Å². The van der Waals surface area contributed by atoms with Crippen LogP contribution in [0.15, 0.2) is 45.1 Å². The van der Waals surface area contributed by atoms with Crippen LogP contribution in [0.25, 0.3) is 0 Å². The van der Waals surface area contributed by atoms with Gasteiger partial charge in [-0.05, 0) is 36.0 Å². The molecule has 0 bridgehead atoms. The zero-order chi connectivity index (χ0) is 17.2. The van der Waals surface area contributed by atoms with Crippen molar-refractivity contribution >= 4 is 46.7 Å². The van der Waals surface area contributed by atoms with Crippen LogP contribution in [0.5, 0.6) is 0 Å². The average molecular weight is 387 g/mol. The van der Waals surface area contributed by atoms with Crippen LogP contribution in [-0.2, 0) is 0 Å². The largest absolute Gasteiger partial charge is 0.115 e. The molecule has 0 aliphatic carbocycles. The lowest BCUT2D eigenvalue weighted by Crippen LogP contribution is -2.15. The van der Waals surface area contributed by atoms with Crippen LogP contribution in [0.2, 0.25) is 10.0 Å². The van der Waals surface area contributed by atoms with Crippen LogP contribution in [0.3, 0.4) is 0 Å². The number of halogens is 2. The lowest BCUT2D eigenvalue weighted by molar-refractivity contribution is 0.350. The highest BCUT2D eigenvalue weighted by Gasteiger charge is 2.30. The van der Waals surface area contributed by atoms with E-state index in [1.165, 1.54) is 10.5 Å². The Balaban J connectivity index is 2.50. The molecule has 0 aromatic heterocycles. The smallest absolute Gasteiger partial charge is 0.0557 e. The molecule has 0 saturated carbocycles. The zero-order valence-electron chi connectivity index (χ0n) is 14.2. The summed E-state index contributed by atoms with van der Waals surface area (Å²) < 4.78 is 0. The minimum absolute atomic E-state index is 0.276. The standard InChI is InChI=1S/C19H24Cl2S2/c1-6-12(11-19(4,5)8-3)16-15(7-2)22-17-13(20)9-10-14(21)18(17)23-16/h6,9-10,15H,1,7-8,11H2,2-5H3/b16-12+. The number of thioether (sulfide) groups is 2. The molecule has 126 valence electrons. The lowest BCUT2D eigenvalue weighted by Gasteiger charge is -2.31. The molecule has 1 atom stereocenters. The van der Waals surface area contributed by atoms with Crippen molar-refractivity contribution in [2.45, 2.75) is 62.0 Å². The first-order valence-corrected chi connectivity index (χ1v) is 10.5. The first-order chi connectivity index (χ1) is 10.8. The quantitative estimate of drug-likeness (QED) is 0.499. The van der Waals surface area contributed by atoms with Crippen LogP contribution in [-0.4, -0.2) is 5.25 Å². The second kappa shape index (κ2) is 7.91. The maximum atomic E-state index is 6.44. The summed E-state index contributed by atoms with van der Waals surface area (Å²) in [4.78, 5) is 3.61. The van der Waals surface area contributed by atoms with Crippen molar-refractivity contribution in [3.63, 3.8) is 0 Å². The van der Waals surface area contributed by atoms with Crippen molar-refractivity contribution in [1.82, 2.24) is 0 Å². The molecule has 1 aromatic rings. The molecular weight excluding hydrogens is 363 g/mol. The third kappa shape index (κ3) is 4.34. The van der Waals surface area contributed by atoms with E-state index in [1.54, 1.807) is 11.8 Å². The lowest BCUT2D eigenvalue weighted by atomic mass is 9.83. The van der Waals surface area contributed by atoms with Gasteiger partial charge in [-0.3, -0.25) is 0 Å². The van der Waals surface area contributed by atoms with E-state index in [4.69, 9.17) is 23.2 Å². The molecule has 0 N–H and O–H groups in total. The monoisotopic (exact) mass is 386 g/mol. The molecule has 0 fully saturated rings. The summed E-state index contributed by atoms with van der Waals surface area (Å²) in [7, 11) is 0. The van der Waals surface area contributed by atoms with Gasteiger partial charge in [0.15, 0.2) is 0 Å². The number of hydrogen-bond donors (Lipinski definition) is 0. The molecule has 0 amide bonds. The fraction of sp³-hybridized carbons (Fsp3) is 0.474. The van der Waals surface area contributed by atoms with E-state index in [0.717, 1.165) is 39.1 Å². The van der Waals surface area contributed by atoms with Crippen molar-refractivity contribution < 1.29 is 0 Å². The number of allylic oxidation sites excluding steroid dienone is 2. The van der Waals surface area contributed by atoms with E-state index in [1.807, 2.05) is 30.0 Å². The maximum Gasteiger partial charge on any atom is 0.0557 e. The predicted molar refractivity (Wildman–Crippen MR) is 108 cm³/mol. The molecule has 2 rings (SSSR count). The highest BCUT2D eigenvalue weighted by molar-refractivity contribution is 8.09. The summed E-state index contributed by atoms with van der Waals surface area (Å²) in [6.45, 7) is 13.2. The van der Waals surface area contributed by atoms with Gasteiger partial charge in [0.2, 0.25) is 0 Å². The van der Waals surface area contributed by atoms with Crippen molar-refractivity contribution in [3.8, 4) is 0 Å². The van der Waals surface area contributed by atoms with Crippen molar-refractivity contribution in [1.29, 1.82) is 0 Å². The number of benzene rings is 1. The minimum atomic E-state index is 0.276. The van der Waals surface area contributed by atoms with Crippen LogP contribution in [0.1, 0.15) is 47.0 Å². The molecule has 23 heavy (non-hydrogen) atoms. The van der Waals surface area contributed by atoms with Gasteiger partial charge in [-0.25, -0.2) is 0 Å². The Kier molecular flexibility index (Phi) is 6.64. The average Bonchev–Trinajstić information content (AvgIpc) is 2.55. The molecule has 1 aromatic carbocycles. The van der Waals surface area contributed by atoms with E-state index in [-0.39, 0.29) is 5.41 Å². The highest BCUT2D eigenvalue weighted by atomic mass is 35.5. The van der Waals surface area contributed by atoms with Crippen molar-refractivity contribution in [3.05, 3.63) is 45.3 Å². The Bertz CT molecular complexity index is 633. The number of hydrogen-bond acceptors (Lipinski definition) is 2. The summed E-state index contributed by atoms with van der Waals surface area (Å²) in [5.74, 6) is 0. The molecule has 1 aliphatic rings. The van der Waals surface area contributed by atoms with Gasteiger partial charge in [0.25, 0.3) is 0 Å². The van der Waals surface area contributed by atoms with Crippen molar-refractivity contribution in [2.75, 3.05) is 0 Å². The first kappa shape index (κ1) is 19.3. The maximum absolute atomic E-state index is 6.44. The predicted octanol–water partition coefficient (Wildman–Crippen LogP) is 8.24. The molecule has 0 nitrogen and oxygen atoms in total. The number of fused-ring (bicyclic) bond motifs is 1. The van der Waals surface area contributed by atoms with Gasteiger partial charge >= 0.3 is 0 Å². The molecule has 1 heterocycles. The van der Waals surface area contributed by atoms with E-state index >= 15 is 0 Å². The summed E-state index contributed by atoms with van der Waals surface area (Å²) in [6.07, 6.45) is 5.29. The Morgan fingerprint density at radius 3 is 2.35 bits per heavy atom. The van der Waals surface area contributed by atoms with Gasteiger partial charge in [0.1, 0.15) is 0 Å². The molecule has 1 unspecified atom stereocenters. The highest BCUT2D eigenvalue weighted by Crippen LogP contribution is 2.55. The van der Waals surface area contributed by atoms with E-state index in [2.05, 4.69) is 34.3 Å². The number of rotatable bonds is 5. The van der Waals surface area contributed by atoms with Gasteiger partial charge in [0, 0.05) is 19.9 Å². The summed E-state index contributed by atoms with van der Waals surface area (Å²) >= 11 is 16.5. The van der Waals surface area contributed by atoms with Crippen LogP contribution in [0.4, 0.5) is 0 Å². The Morgan fingerprint density at radius 1 is 1.22 bits per heavy atom. The SMILES string of the molecule is C=C/C(CC(C)(C)CC)=C1\Sc2c(Cl)ccc(Cl)c2SC1CC. The Hall–Kier alpha value is -0.0200. The van der Waals surface area contributed by atoms with Crippen LogP contribution < -0.4 is 0 Å². The summed E-state index contributed by atoms with van der Waals surface area (Å²) in [5.41, 5.74) is 1.63. The molecule has 0 radical (unpaired) electrons. The topological polar surface area (TPSA) is 0 Å². The first-order valence-electron chi connectivity index (χ1n) is 8.01. The van der Waals surface area contributed by atoms with E-state index in [0.29, 0.717) is 5.25 Å². The Labute approximate surface area is 159 Å². The zero-order valence-corrected chi connectivity index (χ0v) is 17.4. The molecule has 0 spiro atoms. The summed E-state index contributed by atoms with van der Waals surface area (Å²) in [5, 5.41) is 2.00. The van der Waals surface area contributed by atoms with E-state index in [9.17, 15) is 0 Å². The van der Waals surface area contributed by atoms with Gasteiger partial charge in [-0.1, -0.05) is 81.7 Å². The second-order valence-corrected chi connectivity index (χ2v) is 9.67. The van der Waals surface area contributed by atoms with Crippen molar-refractivity contribution in [2.24, 2.45) is 5.41 Å². The summed E-state index contributed by atoms with van der Waals surface area (Å²) in [6, 6.07) is 3.79. The third-order valence-corrected chi connectivity index (χ3v) is 8.38. The fourth-order valence-corrected chi connectivity index (χ4v) is 6.05. The minimum Gasteiger partial charge on any atom is -0.115 e. The molecule has 4 heteroatoms. The molecular formula is C19H24Cl2S2. The van der Waals surface area contributed by atoms with Gasteiger partial charge < -0.3 is 0 Å². The fourth-order valence-electron chi connectivity index (χ4n) is 2.53.